The maximum atomic E-state index is 13.9. The van der Waals surface area contributed by atoms with Gasteiger partial charge in [0.1, 0.15) is 11.6 Å². The third kappa shape index (κ3) is 7.72. The van der Waals surface area contributed by atoms with Crippen molar-refractivity contribution in [2.45, 2.75) is 36.7 Å². The number of likely N-dealkylation sites (N-methyl/N-ethyl adjacent to an activating group) is 2. The summed E-state index contributed by atoms with van der Waals surface area (Å²) in [4.78, 5) is 30.1. The third-order valence-corrected chi connectivity index (χ3v) is 10.1. The smallest absolute Gasteiger partial charge is 0.434 e. The van der Waals surface area contributed by atoms with Crippen LogP contribution in [0, 0.1) is 11.6 Å². The molecule has 1 aromatic heterocycles. The molecule has 0 spiro atoms. The van der Waals surface area contributed by atoms with Gasteiger partial charge in [0.05, 0.1) is 23.3 Å². The number of halogens is 2. The number of benzene rings is 2. The van der Waals surface area contributed by atoms with Crippen molar-refractivity contribution in [3.8, 4) is 0 Å². The molecule has 0 unspecified atom stereocenters. The van der Waals surface area contributed by atoms with Crippen LogP contribution in [0.4, 0.5) is 30.8 Å². The Morgan fingerprint density at radius 3 is 2.43 bits per heavy atom. The molecule has 2 aliphatic rings. The Morgan fingerprint density at radius 1 is 1.06 bits per heavy atom. The molecule has 2 aliphatic heterocycles. The Balaban J connectivity index is 1.47. The zero-order valence-corrected chi connectivity index (χ0v) is 27.6. The molecule has 0 saturated carbocycles. The molecule has 16 heteroatoms. The van der Waals surface area contributed by atoms with E-state index in [-0.39, 0.29) is 36.9 Å². The molecule has 0 radical (unpaired) electrons. The van der Waals surface area contributed by atoms with E-state index in [0.717, 1.165) is 52.7 Å². The number of carbonyl (C=O) groups excluding carboxylic acids is 2. The highest BCUT2D eigenvalue weighted by Crippen LogP contribution is 2.32. The molecular formula is C31H39F2N7O6S. The minimum Gasteiger partial charge on any atom is -0.451 e. The molecule has 3 aromatic rings. The minimum atomic E-state index is -4.35. The van der Waals surface area contributed by atoms with Crippen LogP contribution in [0.2, 0.25) is 0 Å². The predicted molar refractivity (Wildman–Crippen MR) is 171 cm³/mol. The van der Waals surface area contributed by atoms with Crippen LogP contribution in [0.3, 0.4) is 0 Å². The number of ether oxygens (including phenoxy) is 2. The van der Waals surface area contributed by atoms with E-state index in [1.54, 1.807) is 6.07 Å². The Labute approximate surface area is 272 Å². The largest absolute Gasteiger partial charge is 0.451 e. The normalized spacial score (nSPS) is 15.7. The van der Waals surface area contributed by atoms with Crippen molar-refractivity contribution < 1.29 is 36.3 Å². The quantitative estimate of drug-likeness (QED) is 0.329. The average molecular weight is 676 g/mol. The lowest BCUT2D eigenvalue weighted by atomic mass is 10.1. The summed E-state index contributed by atoms with van der Waals surface area (Å²) < 4.78 is 67.1. The van der Waals surface area contributed by atoms with Crippen molar-refractivity contribution in [2.75, 3.05) is 76.6 Å². The van der Waals surface area contributed by atoms with Crippen LogP contribution in [0.1, 0.15) is 34.5 Å². The highest BCUT2D eigenvalue weighted by molar-refractivity contribution is 7.89. The number of sulfonamides is 1. The topological polar surface area (TPSA) is 138 Å². The fraction of sp³-hybridized carbons (Fsp3) is 0.452. The van der Waals surface area contributed by atoms with E-state index in [0.29, 0.717) is 36.2 Å². The van der Waals surface area contributed by atoms with Crippen LogP contribution in [-0.2, 0) is 32.5 Å². The van der Waals surface area contributed by atoms with E-state index < -0.39 is 38.6 Å². The van der Waals surface area contributed by atoms with Crippen LogP contribution in [0.15, 0.2) is 41.3 Å². The van der Waals surface area contributed by atoms with Gasteiger partial charge in [0.2, 0.25) is 10.0 Å². The number of anilines is 3. The van der Waals surface area contributed by atoms with E-state index in [1.165, 1.54) is 7.11 Å². The molecule has 5 rings (SSSR count). The molecule has 254 valence electrons. The molecule has 1 amide bonds. The van der Waals surface area contributed by atoms with Gasteiger partial charge in [-0.25, -0.2) is 22.0 Å². The number of hydrogen-bond acceptors (Lipinski definition) is 10. The van der Waals surface area contributed by atoms with Crippen molar-refractivity contribution in [3.63, 3.8) is 0 Å². The van der Waals surface area contributed by atoms with E-state index in [4.69, 9.17) is 9.47 Å². The lowest BCUT2D eigenvalue weighted by Gasteiger charge is -2.27. The number of carbonyl (C=O) groups is 2. The van der Waals surface area contributed by atoms with Gasteiger partial charge in [-0.15, -0.1) is 5.10 Å². The molecular weight excluding hydrogens is 636 g/mol. The highest BCUT2D eigenvalue weighted by Gasteiger charge is 2.35. The summed E-state index contributed by atoms with van der Waals surface area (Å²) in [6.07, 6.45) is 0.725. The van der Waals surface area contributed by atoms with Gasteiger partial charge >= 0.3 is 6.09 Å². The first-order valence-electron chi connectivity index (χ1n) is 15.2. The van der Waals surface area contributed by atoms with Gasteiger partial charge in [-0.05, 0) is 57.3 Å². The van der Waals surface area contributed by atoms with Crippen LogP contribution in [-0.4, -0.2) is 107 Å². The molecule has 3 heterocycles. The molecule has 2 aromatic carbocycles. The van der Waals surface area contributed by atoms with Crippen LogP contribution < -0.4 is 15.5 Å². The van der Waals surface area contributed by atoms with Crippen LogP contribution in [0.5, 0.6) is 0 Å². The maximum Gasteiger partial charge on any atom is 0.434 e. The number of nitrogens with one attached hydrogen (secondary N) is 2. The molecule has 0 aliphatic carbocycles. The Morgan fingerprint density at radius 2 is 1.77 bits per heavy atom. The van der Waals surface area contributed by atoms with Gasteiger partial charge in [-0.2, -0.15) is 8.99 Å². The third-order valence-electron chi connectivity index (χ3n) is 8.23. The zero-order chi connectivity index (χ0) is 33.9. The Kier molecular flexibility index (Phi) is 10.4. The van der Waals surface area contributed by atoms with Gasteiger partial charge in [-0.1, -0.05) is 0 Å². The Bertz CT molecular complexity index is 1720. The van der Waals surface area contributed by atoms with Crippen LogP contribution in [0.25, 0.3) is 0 Å². The first-order chi connectivity index (χ1) is 22.4. The number of hydrogen-bond donors (Lipinski definition) is 2. The first kappa shape index (κ1) is 34.2. The standard InChI is InChI=1S/C31H39F2N7O6S/c1-37(2)11-12-38(3)23-5-6-25(27(18-23)34-22-8-13-46-14-9-22)30(41)35-29-26-19-39(10-7-28(26)40(36-29)31(42)45-4)47(43,44)24-16-20(32)15-21(33)17-24/h5-6,15-18,22,34H,7-14,19H2,1-4H3,(H,35,36,41). The molecule has 0 atom stereocenters. The highest BCUT2D eigenvalue weighted by atomic mass is 32.2. The van der Waals surface area contributed by atoms with Crippen molar-refractivity contribution in [2.24, 2.45) is 0 Å². The van der Waals surface area contributed by atoms with Crippen molar-refractivity contribution in [1.82, 2.24) is 19.0 Å². The second-order valence-corrected chi connectivity index (χ2v) is 13.7. The van der Waals surface area contributed by atoms with Crippen molar-refractivity contribution in [1.29, 1.82) is 0 Å². The zero-order valence-electron chi connectivity index (χ0n) is 26.8. The molecule has 13 nitrogen and oxygen atoms in total. The predicted octanol–water partition coefficient (Wildman–Crippen LogP) is 3.36. The van der Waals surface area contributed by atoms with Crippen molar-refractivity contribution >= 4 is 39.2 Å². The maximum absolute atomic E-state index is 13.9. The van der Waals surface area contributed by atoms with Gasteiger partial charge < -0.3 is 29.9 Å². The van der Waals surface area contributed by atoms with E-state index in [1.807, 2.05) is 33.3 Å². The monoisotopic (exact) mass is 675 g/mol. The number of fused-ring (bicyclic) bond motifs is 1. The number of methoxy groups -OCH3 is 1. The van der Waals surface area contributed by atoms with Gasteiger partial charge in [0.15, 0.2) is 5.82 Å². The molecule has 47 heavy (non-hydrogen) atoms. The summed E-state index contributed by atoms with van der Waals surface area (Å²) >= 11 is 0. The summed E-state index contributed by atoms with van der Waals surface area (Å²) in [7, 11) is 2.79. The van der Waals surface area contributed by atoms with Gasteiger partial charge in [0.25, 0.3) is 5.91 Å². The second-order valence-electron chi connectivity index (χ2n) is 11.8. The number of aromatic nitrogens is 2. The van der Waals surface area contributed by atoms with Gasteiger partial charge in [0, 0.05) is 81.9 Å². The van der Waals surface area contributed by atoms with E-state index in [9.17, 15) is 26.8 Å². The van der Waals surface area contributed by atoms with Crippen molar-refractivity contribution in [3.05, 3.63) is 64.9 Å². The number of amides is 1. The summed E-state index contributed by atoms with van der Waals surface area (Å²) in [5.74, 6) is -2.64. The van der Waals surface area contributed by atoms with E-state index in [2.05, 4.69) is 25.5 Å². The van der Waals surface area contributed by atoms with Crippen LogP contribution >= 0.6 is 0 Å². The number of rotatable bonds is 10. The Hall–Kier alpha value is -4.12. The number of nitrogens with zero attached hydrogens (tertiary/aromatic N) is 5. The lowest BCUT2D eigenvalue weighted by molar-refractivity contribution is 0.0904. The van der Waals surface area contributed by atoms with E-state index >= 15 is 0 Å². The fourth-order valence-electron chi connectivity index (χ4n) is 5.57. The molecule has 1 saturated heterocycles. The molecule has 0 bridgehead atoms. The minimum absolute atomic E-state index is 0.0227. The first-order valence-corrected chi connectivity index (χ1v) is 16.6. The fourth-order valence-corrected chi connectivity index (χ4v) is 7.02. The summed E-state index contributed by atoms with van der Waals surface area (Å²) in [6, 6.07) is 7.60. The second kappa shape index (κ2) is 14.3. The lowest BCUT2D eigenvalue weighted by Crippen LogP contribution is -2.37. The summed E-state index contributed by atoms with van der Waals surface area (Å²) in [6.45, 7) is 2.36. The summed E-state index contributed by atoms with van der Waals surface area (Å²) in [5.41, 5.74) is 2.43. The van der Waals surface area contributed by atoms with Gasteiger partial charge in [-0.3, -0.25) is 4.79 Å². The summed E-state index contributed by atoms with van der Waals surface area (Å²) in [5, 5.41) is 10.6. The average Bonchev–Trinajstić information content (AvgIpc) is 3.40. The molecule has 1 fully saturated rings. The molecule has 2 N–H and O–H groups in total. The SMILES string of the molecule is COC(=O)n1nc(NC(=O)c2ccc(N(C)CCN(C)C)cc2NC2CCOCC2)c2c1CCN(S(=O)(=O)c1cc(F)cc(F)c1)C2.